The molecular formula is C8H5F2N2. The van der Waals surface area contributed by atoms with Crippen molar-refractivity contribution in [1.82, 2.24) is 9.78 Å². The van der Waals surface area contributed by atoms with Crippen LogP contribution in [0.3, 0.4) is 0 Å². The smallest absolute Gasteiger partial charge is 0.161 e. The molecule has 12 heavy (non-hydrogen) atoms. The summed E-state index contributed by atoms with van der Waals surface area (Å²) in [5.74, 6) is -1.75. The van der Waals surface area contributed by atoms with Crippen LogP contribution >= 0.6 is 0 Å². The highest BCUT2D eigenvalue weighted by Crippen LogP contribution is 2.15. The maximum atomic E-state index is 12.6. The highest BCUT2D eigenvalue weighted by atomic mass is 19.2. The van der Waals surface area contributed by atoms with Crippen molar-refractivity contribution in [2.45, 2.75) is 0 Å². The fraction of sp³-hybridized carbons (Fsp3) is 0.125. The average Bonchev–Trinajstić information content (AvgIpc) is 2.30. The van der Waals surface area contributed by atoms with Gasteiger partial charge in [-0.15, -0.1) is 0 Å². The Bertz CT molecular complexity index is 395. The van der Waals surface area contributed by atoms with Crippen LogP contribution in [0.15, 0.2) is 12.1 Å². The number of benzene rings is 1. The molecule has 0 N–H and O–H groups in total. The molecule has 1 aromatic heterocycles. The Labute approximate surface area is 67.4 Å². The zero-order chi connectivity index (χ0) is 8.72. The summed E-state index contributed by atoms with van der Waals surface area (Å²) in [6.45, 7) is 0. The number of fused-ring (bicyclic) bond motifs is 1. The molecule has 0 aliphatic heterocycles. The molecule has 0 unspecified atom stereocenters. The highest BCUT2D eigenvalue weighted by Gasteiger charge is 2.06. The van der Waals surface area contributed by atoms with Crippen LogP contribution in [0.1, 0.15) is 0 Å². The summed E-state index contributed by atoms with van der Waals surface area (Å²) in [4.78, 5) is 0. The van der Waals surface area contributed by atoms with Crippen LogP contribution in [0, 0.1) is 17.8 Å². The minimum Gasteiger partial charge on any atom is -0.265 e. The van der Waals surface area contributed by atoms with E-state index >= 15 is 0 Å². The monoisotopic (exact) mass is 167 g/mol. The van der Waals surface area contributed by atoms with Crippen LogP contribution < -0.4 is 0 Å². The molecule has 2 aromatic rings. The molecule has 0 atom stereocenters. The number of nitrogens with zero attached hydrogens (tertiary/aromatic N) is 2. The highest BCUT2D eigenvalue weighted by molar-refractivity contribution is 5.77. The quantitative estimate of drug-likeness (QED) is 0.583. The molecule has 0 saturated carbocycles. The maximum absolute atomic E-state index is 12.6. The van der Waals surface area contributed by atoms with E-state index in [1.165, 1.54) is 4.68 Å². The summed E-state index contributed by atoms with van der Waals surface area (Å²) in [7, 11) is 1.65. The van der Waals surface area contributed by atoms with Crippen LogP contribution in [0.2, 0.25) is 0 Å². The largest absolute Gasteiger partial charge is 0.265 e. The third-order valence-electron chi connectivity index (χ3n) is 1.58. The Kier molecular flexibility index (Phi) is 1.36. The van der Waals surface area contributed by atoms with Crippen LogP contribution in [0.4, 0.5) is 8.78 Å². The molecule has 0 saturated heterocycles. The van der Waals surface area contributed by atoms with E-state index in [1.807, 2.05) is 0 Å². The van der Waals surface area contributed by atoms with Crippen molar-refractivity contribution in [3.05, 3.63) is 30.0 Å². The molecule has 0 aliphatic rings. The van der Waals surface area contributed by atoms with Crippen LogP contribution in [-0.2, 0) is 7.05 Å². The lowest BCUT2D eigenvalue weighted by atomic mass is 10.2. The van der Waals surface area contributed by atoms with Crippen LogP contribution in [0.5, 0.6) is 0 Å². The van der Waals surface area contributed by atoms with E-state index in [4.69, 9.17) is 0 Å². The molecule has 0 amide bonds. The van der Waals surface area contributed by atoms with E-state index in [-0.39, 0.29) is 0 Å². The molecule has 0 spiro atoms. The SMILES string of the molecule is Cn1[c]c2cc(F)c(F)cc2n1. The lowest BCUT2D eigenvalue weighted by Gasteiger charge is -1.89. The van der Waals surface area contributed by atoms with E-state index in [9.17, 15) is 8.78 Å². The van der Waals surface area contributed by atoms with E-state index in [0.717, 1.165) is 12.1 Å². The Morgan fingerprint density at radius 1 is 1.33 bits per heavy atom. The second-order valence-corrected chi connectivity index (χ2v) is 2.52. The van der Waals surface area contributed by atoms with Gasteiger partial charge in [-0.1, -0.05) is 0 Å². The molecule has 0 fully saturated rings. The van der Waals surface area contributed by atoms with Gasteiger partial charge in [-0.3, -0.25) is 4.68 Å². The van der Waals surface area contributed by atoms with E-state index in [0.29, 0.717) is 10.9 Å². The number of halogens is 2. The Morgan fingerprint density at radius 2 is 2.00 bits per heavy atom. The molecule has 4 heteroatoms. The fourth-order valence-electron chi connectivity index (χ4n) is 1.07. The van der Waals surface area contributed by atoms with Gasteiger partial charge in [0.15, 0.2) is 11.6 Å². The van der Waals surface area contributed by atoms with Gasteiger partial charge in [-0.25, -0.2) is 8.78 Å². The lowest BCUT2D eigenvalue weighted by molar-refractivity contribution is 0.511. The van der Waals surface area contributed by atoms with Crippen molar-refractivity contribution in [1.29, 1.82) is 0 Å². The normalized spacial score (nSPS) is 10.9. The first-order valence-corrected chi connectivity index (χ1v) is 3.38. The summed E-state index contributed by atoms with van der Waals surface area (Å²) >= 11 is 0. The van der Waals surface area contributed by atoms with Crippen molar-refractivity contribution in [3.63, 3.8) is 0 Å². The van der Waals surface area contributed by atoms with Crippen LogP contribution in [-0.4, -0.2) is 9.78 Å². The standard InChI is InChI=1S/C8H5F2N2/c1-12-4-5-2-6(9)7(10)3-8(5)11-12/h2-3H,1H3. The Hall–Kier alpha value is -1.45. The molecule has 0 bridgehead atoms. The maximum Gasteiger partial charge on any atom is 0.161 e. The molecule has 1 aromatic carbocycles. The second kappa shape index (κ2) is 2.27. The van der Waals surface area contributed by atoms with E-state index in [2.05, 4.69) is 11.3 Å². The zero-order valence-electron chi connectivity index (χ0n) is 6.31. The Morgan fingerprint density at radius 3 is 2.75 bits per heavy atom. The molecule has 61 valence electrons. The van der Waals surface area contributed by atoms with Gasteiger partial charge in [-0.05, 0) is 6.07 Å². The molecule has 1 radical (unpaired) electrons. The Balaban J connectivity index is 2.83. The predicted octanol–water partition coefficient (Wildman–Crippen LogP) is 1.65. The molecule has 1 heterocycles. The molecule has 2 rings (SSSR count). The van der Waals surface area contributed by atoms with Crippen LogP contribution in [0.25, 0.3) is 10.9 Å². The van der Waals surface area contributed by atoms with Gasteiger partial charge in [0.25, 0.3) is 0 Å². The number of hydrogen-bond donors (Lipinski definition) is 0. The summed E-state index contributed by atoms with van der Waals surface area (Å²) in [6.07, 6.45) is 2.73. The zero-order valence-corrected chi connectivity index (χ0v) is 6.31. The molecule has 0 aliphatic carbocycles. The number of rotatable bonds is 0. The second-order valence-electron chi connectivity index (χ2n) is 2.52. The topological polar surface area (TPSA) is 17.8 Å². The third kappa shape index (κ3) is 0.958. The number of aromatic nitrogens is 2. The average molecular weight is 167 g/mol. The summed E-state index contributed by atoms with van der Waals surface area (Å²) in [5.41, 5.74) is 0.413. The van der Waals surface area contributed by atoms with Crippen molar-refractivity contribution in [3.8, 4) is 0 Å². The van der Waals surface area contributed by atoms with Gasteiger partial charge in [0.1, 0.15) is 0 Å². The van der Waals surface area contributed by atoms with Gasteiger partial charge >= 0.3 is 0 Å². The minimum absolute atomic E-state index is 0.413. The van der Waals surface area contributed by atoms with Gasteiger partial charge in [0, 0.05) is 18.5 Å². The van der Waals surface area contributed by atoms with Gasteiger partial charge in [0.05, 0.1) is 11.7 Å². The lowest BCUT2D eigenvalue weighted by Crippen LogP contribution is -1.85. The fourth-order valence-corrected chi connectivity index (χ4v) is 1.07. The third-order valence-corrected chi connectivity index (χ3v) is 1.58. The first-order valence-electron chi connectivity index (χ1n) is 3.38. The van der Waals surface area contributed by atoms with Crippen molar-refractivity contribution >= 4 is 10.9 Å². The summed E-state index contributed by atoms with van der Waals surface area (Å²) < 4.78 is 26.6. The first kappa shape index (κ1) is 7.21. The predicted molar refractivity (Wildman–Crippen MR) is 39.5 cm³/mol. The van der Waals surface area contributed by atoms with Gasteiger partial charge in [-0.2, -0.15) is 5.10 Å². The number of aryl methyl sites for hydroxylation is 1. The first-order chi connectivity index (χ1) is 5.66. The summed E-state index contributed by atoms with van der Waals surface area (Å²) in [5, 5.41) is 4.35. The van der Waals surface area contributed by atoms with E-state index in [1.54, 1.807) is 7.05 Å². The van der Waals surface area contributed by atoms with Crippen molar-refractivity contribution in [2.75, 3.05) is 0 Å². The van der Waals surface area contributed by atoms with E-state index < -0.39 is 11.6 Å². The van der Waals surface area contributed by atoms with Gasteiger partial charge in [0.2, 0.25) is 0 Å². The van der Waals surface area contributed by atoms with Crippen molar-refractivity contribution < 1.29 is 8.78 Å². The molecular weight excluding hydrogens is 162 g/mol. The molecule has 2 nitrogen and oxygen atoms in total. The number of hydrogen-bond acceptors (Lipinski definition) is 1. The van der Waals surface area contributed by atoms with Crippen molar-refractivity contribution in [2.24, 2.45) is 7.05 Å². The minimum atomic E-state index is -0.880. The summed E-state index contributed by atoms with van der Waals surface area (Å²) in [6, 6.07) is 2.14. The van der Waals surface area contributed by atoms with Gasteiger partial charge < -0.3 is 0 Å².